The summed E-state index contributed by atoms with van der Waals surface area (Å²) >= 11 is 0. The van der Waals surface area contributed by atoms with Crippen LogP contribution in [-0.4, -0.2) is 26.9 Å². The van der Waals surface area contributed by atoms with Crippen molar-refractivity contribution < 1.29 is 13.2 Å². The zero-order valence-corrected chi connectivity index (χ0v) is 13.9. The van der Waals surface area contributed by atoms with Gasteiger partial charge < -0.3 is 4.74 Å². The number of hydrogen-bond donors (Lipinski definition) is 0. The molecule has 0 heterocycles. The maximum atomic E-state index is 10.7. The molecule has 0 aliphatic carbocycles. The Hall–Kier alpha value is 0.200. The van der Waals surface area contributed by atoms with Gasteiger partial charge in [0.25, 0.3) is 0 Å². The van der Waals surface area contributed by atoms with Crippen LogP contribution in [0.3, 0.4) is 0 Å². The Morgan fingerprint density at radius 2 is 1.63 bits per heavy atom. The molecule has 19 heavy (non-hydrogen) atoms. The average Bonchev–Trinajstić information content (AvgIpc) is 2.32. The van der Waals surface area contributed by atoms with Crippen molar-refractivity contribution in [3.8, 4) is 0 Å². The second kappa shape index (κ2) is 12.0. The van der Waals surface area contributed by atoms with Gasteiger partial charge in [0.1, 0.15) is 0 Å². The van der Waals surface area contributed by atoms with Crippen molar-refractivity contribution in [3.63, 3.8) is 0 Å². The largest absolute Gasteiger partial charge is 0.379 e. The van der Waals surface area contributed by atoms with Crippen molar-refractivity contribution >= 4 is 19.7 Å². The molecule has 0 bridgehead atoms. The van der Waals surface area contributed by atoms with Crippen molar-refractivity contribution in [2.45, 2.75) is 77.7 Å². The second-order valence-corrected chi connectivity index (χ2v) is 8.08. The van der Waals surface area contributed by atoms with Crippen molar-refractivity contribution in [2.75, 3.05) is 12.4 Å². The van der Waals surface area contributed by atoms with E-state index < -0.39 is 9.05 Å². The van der Waals surface area contributed by atoms with Crippen molar-refractivity contribution in [1.82, 2.24) is 0 Å². The highest BCUT2D eigenvalue weighted by atomic mass is 35.7. The minimum absolute atomic E-state index is 0.0866. The van der Waals surface area contributed by atoms with Crippen LogP contribution in [-0.2, 0) is 13.8 Å². The Labute approximate surface area is 123 Å². The molecule has 3 nitrogen and oxygen atoms in total. The molecule has 0 amide bonds. The molecule has 0 aromatic heterocycles. The summed E-state index contributed by atoms with van der Waals surface area (Å²) in [4.78, 5) is 0. The number of rotatable bonds is 13. The Kier molecular flexibility index (Phi) is 12.1. The summed E-state index contributed by atoms with van der Waals surface area (Å²) in [7, 11) is 1.83. The van der Waals surface area contributed by atoms with E-state index in [2.05, 4.69) is 13.8 Å². The van der Waals surface area contributed by atoms with Gasteiger partial charge in [0.05, 0.1) is 11.9 Å². The molecule has 1 atom stereocenters. The highest BCUT2D eigenvalue weighted by Gasteiger charge is 2.04. The molecule has 0 rings (SSSR count). The quantitative estimate of drug-likeness (QED) is 0.372. The molecule has 1 unspecified atom stereocenters. The monoisotopic (exact) mass is 312 g/mol. The summed E-state index contributed by atoms with van der Waals surface area (Å²) in [5, 5.41) is 0. The second-order valence-electron chi connectivity index (χ2n) is 5.19. The maximum absolute atomic E-state index is 10.7. The van der Waals surface area contributed by atoms with Crippen molar-refractivity contribution in [2.24, 2.45) is 0 Å². The molecule has 116 valence electrons. The third kappa shape index (κ3) is 16.1. The minimum Gasteiger partial charge on any atom is -0.379 e. The van der Waals surface area contributed by atoms with Crippen molar-refractivity contribution in [1.29, 1.82) is 0 Å². The molecule has 0 radical (unpaired) electrons. The Morgan fingerprint density at radius 3 is 2.26 bits per heavy atom. The van der Waals surface area contributed by atoms with Gasteiger partial charge in [-0.2, -0.15) is 0 Å². The smallest absolute Gasteiger partial charge is 0.232 e. The number of hydrogen-bond acceptors (Lipinski definition) is 3. The van der Waals surface area contributed by atoms with E-state index in [1.807, 2.05) is 0 Å². The third-order valence-electron chi connectivity index (χ3n) is 3.15. The summed E-state index contributed by atoms with van der Waals surface area (Å²) < 4.78 is 27.1. The zero-order valence-electron chi connectivity index (χ0n) is 12.4. The molecule has 0 saturated heterocycles. The van der Waals surface area contributed by atoms with Crippen LogP contribution in [0.2, 0.25) is 0 Å². The predicted molar refractivity (Wildman–Crippen MR) is 82.3 cm³/mol. The summed E-state index contributed by atoms with van der Waals surface area (Å²) in [5.74, 6) is 0.0866. The standard InChI is InChI=1S/C14H29ClO3S/c1-3-4-5-8-11-14(2)18-12-9-6-7-10-13-19(15,16)17/h14H,3-13H2,1-2H3. The lowest BCUT2D eigenvalue weighted by Gasteiger charge is -2.12. The first kappa shape index (κ1) is 19.2. The van der Waals surface area contributed by atoms with Gasteiger partial charge in [-0.1, -0.05) is 45.4 Å². The van der Waals surface area contributed by atoms with Gasteiger partial charge in [0.15, 0.2) is 0 Å². The summed E-state index contributed by atoms with van der Waals surface area (Å²) in [6, 6.07) is 0. The van der Waals surface area contributed by atoms with Crippen molar-refractivity contribution in [3.05, 3.63) is 0 Å². The fourth-order valence-corrected chi connectivity index (χ4v) is 2.83. The molecule has 0 N–H and O–H groups in total. The molecule has 0 aliphatic heterocycles. The molecule has 0 aromatic carbocycles. The van der Waals surface area contributed by atoms with E-state index in [9.17, 15) is 8.42 Å². The Bertz CT molecular complexity index is 291. The van der Waals surface area contributed by atoms with E-state index >= 15 is 0 Å². The highest BCUT2D eigenvalue weighted by Crippen LogP contribution is 2.10. The van der Waals surface area contributed by atoms with E-state index in [0.29, 0.717) is 12.5 Å². The topological polar surface area (TPSA) is 43.4 Å². The first-order valence-electron chi connectivity index (χ1n) is 7.49. The van der Waals surface area contributed by atoms with Gasteiger partial charge >= 0.3 is 0 Å². The lowest BCUT2D eigenvalue weighted by Crippen LogP contribution is -2.09. The minimum atomic E-state index is -3.30. The van der Waals surface area contributed by atoms with Gasteiger partial charge in [0, 0.05) is 17.3 Å². The molecule has 5 heteroatoms. The molecule has 0 saturated carbocycles. The zero-order chi connectivity index (χ0) is 14.6. The van der Waals surface area contributed by atoms with Gasteiger partial charge in [-0.05, 0) is 26.2 Å². The maximum Gasteiger partial charge on any atom is 0.232 e. The first-order chi connectivity index (χ1) is 8.95. The Balaban J connectivity index is 3.25. The highest BCUT2D eigenvalue weighted by molar-refractivity contribution is 8.13. The molecule has 0 aliphatic rings. The van der Waals surface area contributed by atoms with E-state index in [1.165, 1.54) is 25.7 Å². The fourth-order valence-electron chi connectivity index (χ4n) is 1.96. The summed E-state index contributed by atoms with van der Waals surface area (Å²) in [6.07, 6.45) is 10.2. The molecular weight excluding hydrogens is 284 g/mol. The van der Waals surface area contributed by atoms with Crippen LogP contribution >= 0.6 is 10.7 Å². The number of ether oxygens (including phenoxy) is 1. The van der Waals surface area contributed by atoms with Gasteiger partial charge in [-0.15, -0.1) is 0 Å². The van der Waals surface area contributed by atoms with Crippen LogP contribution in [0.1, 0.15) is 71.6 Å². The van der Waals surface area contributed by atoms with Crippen LogP contribution in [0, 0.1) is 0 Å². The predicted octanol–water partition coefficient (Wildman–Crippen LogP) is 4.49. The summed E-state index contributed by atoms with van der Waals surface area (Å²) in [6.45, 7) is 5.13. The van der Waals surface area contributed by atoms with E-state index in [-0.39, 0.29) is 5.75 Å². The van der Waals surface area contributed by atoms with E-state index in [1.54, 1.807) is 0 Å². The van der Waals surface area contributed by atoms with Gasteiger partial charge in [-0.25, -0.2) is 8.42 Å². The Morgan fingerprint density at radius 1 is 1.00 bits per heavy atom. The molecular formula is C14H29ClO3S. The lowest BCUT2D eigenvalue weighted by atomic mass is 10.1. The van der Waals surface area contributed by atoms with E-state index in [0.717, 1.165) is 32.3 Å². The lowest BCUT2D eigenvalue weighted by molar-refractivity contribution is 0.0558. The number of halogens is 1. The van der Waals surface area contributed by atoms with Crippen LogP contribution in [0.5, 0.6) is 0 Å². The van der Waals surface area contributed by atoms with Gasteiger partial charge in [-0.3, -0.25) is 0 Å². The first-order valence-corrected chi connectivity index (χ1v) is 9.97. The van der Waals surface area contributed by atoms with Crippen LogP contribution in [0.25, 0.3) is 0 Å². The summed E-state index contributed by atoms with van der Waals surface area (Å²) in [5.41, 5.74) is 0. The number of unbranched alkanes of at least 4 members (excludes halogenated alkanes) is 6. The van der Waals surface area contributed by atoms with Gasteiger partial charge in [0.2, 0.25) is 9.05 Å². The normalized spacial score (nSPS) is 13.6. The SMILES string of the molecule is CCCCCCC(C)OCCCCCCS(=O)(=O)Cl. The fraction of sp³-hybridized carbons (Fsp3) is 1.00. The molecule has 0 aromatic rings. The third-order valence-corrected chi connectivity index (χ3v) is 4.39. The van der Waals surface area contributed by atoms with Crippen LogP contribution in [0.4, 0.5) is 0 Å². The molecule has 0 spiro atoms. The molecule has 0 fully saturated rings. The van der Waals surface area contributed by atoms with Crippen LogP contribution < -0.4 is 0 Å². The average molecular weight is 313 g/mol. The van der Waals surface area contributed by atoms with E-state index in [4.69, 9.17) is 15.4 Å². The van der Waals surface area contributed by atoms with Crippen LogP contribution in [0.15, 0.2) is 0 Å².